The zero-order chi connectivity index (χ0) is 12.0. The molecule has 0 aromatic heterocycles. The number of hydrogen-bond donors (Lipinski definition) is 1. The highest BCUT2D eigenvalue weighted by Gasteiger charge is 2.04. The van der Waals surface area contributed by atoms with Gasteiger partial charge >= 0.3 is 0 Å². The van der Waals surface area contributed by atoms with Crippen molar-refractivity contribution in [1.82, 2.24) is 10.2 Å². The van der Waals surface area contributed by atoms with Gasteiger partial charge in [0.05, 0.1) is 0 Å². The van der Waals surface area contributed by atoms with E-state index in [9.17, 15) is 0 Å². The summed E-state index contributed by atoms with van der Waals surface area (Å²) in [5.74, 6) is 0.586. The fraction of sp³-hybridized carbons (Fsp3) is 0.571. The SMILES string of the molecule is CCN(C)Cc1ccc(C(C)CNC)cc1. The third-order valence-electron chi connectivity index (χ3n) is 3.05. The largest absolute Gasteiger partial charge is 0.319 e. The predicted molar refractivity (Wildman–Crippen MR) is 70.8 cm³/mol. The fourth-order valence-electron chi connectivity index (χ4n) is 1.80. The molecule has 0 spiro atoms. The Hall–Kier alpha value is -0.860. The van der Waals surface area contributed by atoms with Gasteiger partial charge in [0.15, 0.2) is 0 Å². The molecular weight excluding hydrogens is 196 g/mol. The van der Waals surface area contributed by atoms with Crippen molar-refractivity contribution in [3.05, 3.63) is 35.4 Å². The smallest absolute Gasteiger partial charge is 0.0230 e. The van der Waals surface area contributed by atoms with Gasteiger partial charge in [0.25, 0.3) is 0 Å². The Morgan fingerprint density at radius 2 is 1.88 bits per heavy atom. The highest BCUT2D eigenvalue weighted by Crippen LogP contribution is 2.15. The Bertz CT molecular complexity index is 292. The zero-order valence-corrected chi connectivity index (χ0v) is 11.0. The molecule has 2 nitrogen and oxygen atoms in total. The van der Waals surface area contributed by atoms with Crippen LogP contribution in [0, 0.1) is 0 Å². The van der Waals surface area contributed by atoms with Crippen LogP contribution in [-0.2, 0) is 6.54 Å². The monoisotopic (exact) mass is 220 g/mol. The van der Waals surface area contributed by atoms with Crippen LogP contribution in [0.5, 0.6) is 0 Å². The van der Waals surface area contributed by atoms with Gasteiger partial charge in [-0.05, 0) is 37.7 Å². The Balaban J connectivity index is 2.60. The lowest BCUT2D eigenvalue weighted by Crippen LogP contribution is -2.17. The minimum Gasteiger partial charge on any atom is -0.319 e. The molecular formula is C14H24N2. The number of rotatable bonds is 6. The van der Waals surface area contributed by atoms with Crippen LogP contribution in [0.2, 0.25) is 0 Å². The first-order chi connectivity index (χ1) is 7.67. The van der Waals surface area contributed by atoms with Gasteiger partial charge in [-0.1, -0.05) is 38.1 Å². The fourth-order valence-corrected chi connectivity index (χ4v) is 1.80. The van der Waals surface area contributed by atoms with Crippen LogP contribution in [0.3, 0.4) is 0 Å². The maximum atomic E-state index is 3.21. The molecule has 0 fully saturated rings. The number of benzene rings is 1. The van der Waals surface area contributed by atoms with E-state index in [0.717, 1.165) is 19.6 Å². The molecule has 1 aromatic rings. The lowest BCUT2D eigenvalue weighted by Gasteiger charge is -2.15. The Morgan fingerprint density at radius 1 is 1.25 bits per heavy atom. The molecule has 0 amide bonds. The van der Waals surface area contributed by atoms with E-state index in [1.807, 2.05) is 7.05 Å². The topological polar surface area (TPSA) is 15.3 Å². The standard InChI is InChI=1S/C14H24N2/c1-5-16(4)11-13-6-8-14(9-7-13)12(2)10-15-3/h6-9,12,15H,5,10-11H2,1-4H3. The van der Waals surface area contributed by atoms with Crippen molar-refractivity contribution in [3.8, 4) is 0 Å². The Kier molecular flexibility index (Phi) is 5.50. The summed E-state index contributed by atoms with van der Waals surface area (Å²) in [5.41, 5.74) is 2.81. The molecule has 1 unspecified atom stereocenters. The normalized spacial score (nSPS) is 13.1. The quantitative estimate of drug-likeness (QED) is 0.792. The molecule has 0 bridgehead atoms. The van der Waals surface area contributed by atoms with Crippen LogP contribution in [0.1, 0.15) is 30.9 Å². The van der Waals surface area contributed by atoms with Crippen molar-refractivity contribution in [2.75, 3.05) is 27.2 Å². The minimum atomic E-state index is 0.586. The van der Waals surface area contributed by atoms with Gasteiger partial charge in [-0.15, -0.1) is 0 Å². The van der Waals surface area contributed by atoms with Crippen LogP contribution in [0.25, 0.3) is 0 Å². The molecule has 2 heteroatoms. The number of nitrogens with zero attached hydrogens (tertiary/aromatic N) is 1. The van der Waals surface area contributed by atoms with Crippen molar-refractivity contribution < 1.29 is 0 Å². The lowest BCUT2D eigenvalue weighted by molar-refractivity contribution is 0.346. The molecule has 1 atom stereocenters. The van der Waals surface area contributed by atoms with E-state index in [2.05, 4.69) is 55.4 Å². The van der Waals surface area contributed by atoms with E-state index in [1.165, 1.54) is 11.1 Å². The summed E-state index contributed by atoms with van der Waals surface area (Å²) in [6.07, 6.45) is 0. The predicted octanol–water partition coefficient (Wildman–Crippen LogP) is 2.46. The van der Waals surface area contributed by atoms with E-state index in [1.54, 1.807) is 0 Å². The maximum Gasteiger partial charge on any atom is 0.0230 e. The summed E-state index contributed by atoms with van der Waals surface area (Å²) < 4.78 is 0. The van der Waals surface area contributed by atoms with Crippen molar-refractivity contribution in [3.63, 3.8) is 0 Å². The molecule has 90 valence electrons. The average molecular weight is 220 g/mol. The summed E-state index contributed by atoms with van der Waals surface area (Å²) in [6.45, 7) is 7.61. The van der Waals surface area contributed by atoms with Gasteiger partial charge in [0, 0.05) is 13.1 Å². The second-order valence-corrected chi connectivity index (χ2v) is 4.53. The van der Waals surface area contributed by atoms with E-state index < -0.39 is 0 Å². The first-order valence-corrected chi connectivity index (χ1v) is 6.09. The summed E-state index contributed by atoms with van der Waals surface area (Å²) in [6, 6.07) is 8.99. The lowest BCUT2D eigenvalue weighted by atomic mass is 10.00. The molecule has 0 saturated heterocycles. The van der Waals surface area contributed by atoms with E-state index >= 15 is 0 Å². The van der Waals surface area contributed by atoms with Crippen molar-refractivity contribution in [1.29, 1.82) is 0 Å². The molecule has 1 rings (SSSR count). The molecule has 0 radical (unpaired) electrons. The summed E-state index contributed by atoms with van der Waals surface area (Å²) in [4.78, 5) is 2.31. The Morgan fingerprint density at radius 3 is 2.38 bits per heavy atom. The van der Waals surface area contributed by atoms with Gasteiger partial charge in [0.1, 0.15) is 0 Å². The van der Waals surface area contributed by atoms with Gasteiger partial charge in [-0.25, -0.2) is 0 Å². The number of nitrogens with one attached hydrogen (secondary N) is 1. The molecule has 16 heavy (non-hydrogen) atoms. The van der Waals surface area contributed by atoms with Crippen molar-refractivity contribution in [2.45, 2.75) is 26.3 Å². The summed E-state index contributed by atoms with van der Waals surface area (Å²) in [7, 11) is 4.15. The van der Waals surface area contributed by atoms with Crippen LogP contribution in [0.4, 0.5) is 0 Å². The summed E-state index contributed by atoms with van der Waals surface area (Å²) >= 11 is 0. The molecule has 0 aliphatic carbocycles. The van der Waals surface area contributed by atoms with Crippen molar-refractivity contribution >= 4 is 0 Å². The third-order valence-corrected chi connectivity index (χ3v) is 3.05. The molecule has 0 aliphatic rings. The van der Waals surface area contributed by atoms with E-state index in [4.69, 9.17) is 0 Å². The van der Waals surface area contributed by atoms with Crippen LogP contribution in [0.15, 0.2) is 24.3 Å². The molecule has 1 aromatic carbocycles. The molecule has 0 aliphatic heterocycles. The molecule has 0 heterocycles. The highest BCUT2D eigenvalue weighted by molar-refractivity contribution is 5.25. The summed E-state index contributed by atoms with van der Waals surface area (Å²) in [5, 5.41) is 3.21. The van der Waals surface area contributed by atoms with Crippen LogP contribution in [-0.4, -0.2) is 32.1 Å². The second-order valence-electron chi connectivity index (χ2n) is 4.53. The minimum absolute atomic E-state index is 0.586. The van der Waals surface area contributed by atoms with Gasteiger partial charge in [-0.2, -0.15) is 0 Å². The second kappa shape index (κ2) is 6.66. The average Bonchev–Trinajstić information content (AvgIpc) is 2.30. The van der Waals surface area contributed by atoms with Crippen LogP contribution < -0.4 is 5.32 Å². The van der Waals surface area contributed by atoms with Gasteiger partial charge < -0.3 is 10.2 Å². The van der Waals surface area contributed by atoms with Crippen LogP contribution >= 0.6 is 0 Å². The molecule has 1 N–H and O–H groups in total. The first-order valence-electron chi connectivity index (χ1n) is 6.09. The maximum absolute atomic E-state index is 3.21. The third kappa shape index (κ3) is 3.95. The van der Waals surface area contributed by atoms with E-state index in [-0.39, 0.29) is 0 Å². The van der Waals surface area contributed by atoms with Gasteiger partial charge in [0.2, 0.25) is 0 Å². The zero-order valence-electron chi connectivity index (χ0n) is 11.0. The highest BCUT2D eigenvalue weighted by atomic mass is 15.1. The number of hydrogen-bond acceptors (Lipinski definition) is 2. The van der Waals surface area contributed by atoms with Crippen molar-refractivity contribution in [2.24, 2.45) is 0 Å². The molecule has 0 saturated carbocycles. The Labute approximate surface area is 99.7 Å². The number of likely N-dealkylation sites (N-methyl/N-ethyl adjacent to an activating group) is 1. The first kappa shape index (κ1) is 13.2. The van der Waals surface area contributed by atoms with E-state index in [0.29, 0.717) is 5.92 Å². The van der Waals surface area contributed by atoms with Gasteiger partial charge in [-0.3, -0.25) is 0 Å².